The third kappa shape index (κ3) is 6.93. The quantitative estimate of drug-likeness (QED) is 0.616. The molecular weight excluding hydrogens is 473 g/mol. The Labute approximate surface area is 196 Å². The number of hydrogen-bond donors (Lipinski definition) is 2. The molecular formula is C21H27F3N6O3S. The van der Waals surface area contributed by atoms with Crippen LogP contribution in [0.5, 0.6) is 0 Å². The molecule has 0 aliphatic carbocycles. The largest absolute Gasteiger partial charge is 0.436 e. The third-order valence-electron chi connectivity index (χ3n) is 4.24. The Bertz CT molecular complexity index is 1200. The Morgan fingerprint density at radius 1 is 1.12 bits per heavy atom. The number of nitriles is 1. The second-order valence-electron chi connectivity index (χ2n) is 10.1. The van der Waals surface area contributed by atoms with Crippen molar-refractivity contribution in [1.82, 2.24) is 19.5 Å². The molecule has 2 heterocycles. The second-order valence-corrected chi connectivity index (χ2v) is 11.8. The minimum absolute atomic E-state index is 0.0367. The number of amides is 1. The van der Waals surface area contributed by atoms with Crippen LogP contribution in [0.25, 0.3) is 5.82 Å². The normalized spacial score (nSPS) is 12.8. The Hall–Kier alpha value is -3.14. The molecule has 13 heteroatoms. The topological polar surface area (TPSA) is 130 Å². The van der Waals surface area contributed by atoms with E-state index in [1.54, 1.807) is 20.8 Å². The summed E-state index contributed by atoms with van der Waals surface area (Å²) in [7, 11) is -4.24. The zero-order valence-corrected chi connectivity index (χ0v) is 20.5. The van der Waals surface area contributed by atoms with Gasteiger partial charge in [-0.1, -0.05) is 41.5 Å². The summed E-state index contributed by atoms with van der Waals surface area (Å²) in [4.78, 5) is 15.6. The predicted molar refractivity (Wildman–Crippen MR) is 118 cm³/mol. The molecule has 2 rings (SSSR count). The van der Waals surface area contributed by atoms with Crippen LogP contribution in [-0.4, -0.2) is 35.6 Å². The van der Waals surface area contributed by atoms with E-state index in [0.29, 0.717) is 0 Å². The first-order valence-electron chi connectivity index (χ1n) is 10.2. The van der Waals surface area contributed by atoms with Crippen molar-refractivity contribution in [1.29, 1.82) is 5.26 Å². The molecule has 2 aromatic rings. The van der Waals surface area contributed by atoms with Crippen molar-refractivity contribution >= 4 is 21.7 Å². The number of sulfonamides is 1. The van der Waals surface area contributed by atoms with Gasteiger partial charge >= 0.3 is 6.18 Å². The monoisotopic (exact) mass is 500 g/mol. The SMILES string of the molecule is CC(C)(C)CNc1c(C#N)c(C(F)(F)F)nn1-c1ccc(S(=O)(=O)NC(=O)CC(C)(C)C)cn1. The third-order valence-corrected chi connectivity index (χ3v) is 5.60. The van der Waals surface area contributed by atoms with Crippen LogP contribution in [0.2, 0.25) is 0 Å². The van der Waals surface area contributed by atoms with Crippen LogP contribution >= 0.6 is 0 Å². The van der Waals surface area contributed by atoms with Gasteiger partial charge in [0.05, 0.1) is 0 Å². The number of pyridine rings is 1. The molecule has 0 radical (unpaired) electrons. The van der Waals surface area contributed by atoms with Gasteiger partial charge in [0.25, 0.3) is 10.0 Å². The number of nitrogens with one attached hydrogen (secondary N) is 2. The van der Waals surface area contributed by atoms with Gasteiger partial charge in [-0.2, -0.15) is 28.2 Å². The van der Waals surface area contributed by atoms with E-state index in [1.165, 1.54) is 6.07 Å². The maximum atomic E-state index is 13.5. The van der Waals surface area contributed by atoms with Gasteiger partial charge < -0.3 is 5.32 Å². The van der Waals surface area contributed by atoms with Gasteiger partial charge in [0, 0.05) is 19.2 Å². The lowest BCUT2D eigenvalue weighted by atomic mass is 9.92. The molecule has 186 valence electrons. The van der Waals surface area contributed by atoms with Crippen molar-refractivity contribution in [2.45, 2.75) is 59.0 Å². The van der Waals surface area contributed by atoms with Crippen LogP contribution in [0.4, 0.5) is 19.0 Å². The predicted octanol–water partition coefficient (Wildman–Crippen LogP) is 3.86. The minimum Gasteiger partial charge on any atom is -0.368 e. The van der Waals surface area contributed by atoms with E-state index < -0.39 is 38.8 Å². The molecule has 9 nitrogen and oxygen atoms in total. The fourth-order valence-electron chi connectivity index (χ4n) is 2.78. The van der Waals surface area contributed by atoms with Crippen LogP contribution in [-0.2, 0) is 21.0 Å². The van der Waals surface area contributed by atoms with E-state index >= 15 is 0 Å². The maximum absolute atomic E-state index is 13.5. The van der Waals surface area contributed by atoms with Gasteiger partial charge in [-0.3, -0.25) is 4.79 Å². The lowest BCUT2D eigenvalue weighted by Gasteiger charge is -2.20. The van der Waals surface area contributed by atoms with Crippen molar-refractivity contribution in [3.63, 3.8) is 0 Å². The number of carbonyl (C=O) groups is 1. The molecule has 0 saturated heterocycles. The van der Waals surface area contributed by atoms with Crippen LogP contribution in [0.15, 0.2) is 23.2 Å². The average Bonchev–Trinajstić information content (AvgIpc) is 3.02. The van der Waals surface area contributed by atoms with Crippen molar-refractivity contribution in [3.05, 3.63) is 29.6 Å². The zero-order valence-electron chi connectivity index (χ0n) is 19.7. The molecule has 2 aromatic heterocycles. The number of aromatic nitrogens is 3. The van der Waals surface area contributed by atoms with Crippen LogP contribution < -0.4 is 10.0 Å². The second kappa shape index (κ2) is 9.25. The number of anilines is 1. The Balaban J connectivity index is 2.47. The Kier molecular flexibility index (Phi) is 7.37. The van der Waals surface area contributed by atoms with Gasteiger partial charge in [0.15, 0.2) is 11.5 Å². The molecule has 0 atom stereocenters. The number of nitrogens with zero attached hydrogens (tertiary/aromatic N) is 4. The lowest BCUT2D eigenvalue weighted by molar-refractivity contribution is -0.141. The highest BCUT2D eigenvalue weighted by Gasteiger charge is 2.40. The summed E-state index contributed by atoms with van der Waals surface area (Å²) in [5.74, 6) is -1.07. The highest BCUT2D eigenvalue weighted by Crippen LogP contribution is 2.35. The van der Waals surface area contributed by atoms with Crippen LogP contribution in [0.3, 0.4) is 0 Å². The highest BCUT2D eigenvalue weighted by atomic mass is 32.2. The number of halogens is 3. The molecule has 2 N–H and O–H groups in total. The number of rotatable bonds is 6. The van der Waals surface area contributed by atoms with E-state index in [2.05, 4.69) is 15.4 Å². The maximum Gasteiger partial charge on any atom is 0.436 e. The number of hydrogen-bond acceptors (Lipinski definition) is 7. The Morgan fingerprint density at radius 2 is 1.74 bits per heavy atom. The number of carbonyl (C=O) groups excluding carboxylic acids is 1. The van der Waals surface area contributed by atoms with Crippen LogP contribution in [0.1, 0.15) is 59.2 Å². The number of alkyl halides is 3. The van der Waals surface area contributed by atoms with Gasteiger partial charge in [-0.25, -0.2) is 18.1 Å². The molecule has 0 bridgehead atoms. The van der Waals surface area contributed by atoms with E-state index in [9.17, 15) is 31.6 Å². The van der Waals surface area contributed by atoms with Crippen LogP contribution in [0, 0.1) is 22.2 Å². The summed E-state index contributed by atoms with van der Waals surface area (Å²) in [5.41, 5.74) is -2.87. The molecule has 0 aromatic carbocycles. The summed E-state index contributed by atoms with van der Waals surface area (Å²) in [6, 6.07) is 3.76. The zero-order chi connectivity index (χ0) is 26.1. The van der Waals surface area contributed by atoms with Crippen molar-refractivity contribution < 1.29 is 26.4 Å². The molecule has 0 aliphatic rings. The minimum atomic E-state index is -4.89. The summed E-state index contributed by atoms with van der Waals surface area (Å²) in [5, 5.41) is 15.7. The van der Waals surface area contributed by atoms with Gasteiger partial charge in [0.2, 0.25) is 5.91 Å². The first kappa shape index (κ1) is 27.1. The summed E-state index contributed by atoms with van der Waals surface area (Å²) < 4.78 is 68.2. The summed E-state index contributed by atoms with van der Waals surface area (Å²) in [6.07, 6.45) is -4.03. The van der Waals surface area contributed by atoms with Gasteiger partial charge in [-0.05, 0) is 23.0 Å². The highest BCUT2D eigenvalue weighted by molar-refractivity contribution is 7.90. The molecule has 0 fully saturated rings. The lowest BCUT2D eigenvalue weighted by Crippen LogP contribution is -2.33. The first-order chi connectivity index (χ1) is 15.3. The molecule has 34 heavy (non-hydrogen) atoms. The van der Waals surface area contributed by atoms with E-state index in [1.807, 2.05) is 25.5 Å². The smallest absolute Gasteiger partial charge is 0.368 e. The van der Waals surface area contributed by atoms with Crippen molar-refractivity contribution in [3.8, 4) is 11.9 Å². The fourth-order valence-corrected chi connectivity index (χ4v) is 3.71. The summed E-state index contributed by atoms with van der Waals surface area (Å²) >= 11 is 0. The van der Waals surface area contributed by atoms with Gasteiger partial charge in [-0.15, -0.1) is 0 Å². The molecule has 0 aliphatic heterocycles. The molecule has 1 amide bonds. The van der Waals surface area contributed by atoms with E-state index in [0.717, 1.165) is 23.0 Å². The molecule has 0 spiro atoms. The standard InChI is InChI=1S/C21H27F3N6O3S/c1-19(2,3)9-16(31)29-34(32,33)13-7-8-15(26-11-13)30-18(27-12-20(4,5)6)14(10-25)17(28-30)21(22,23)24/h7-8,11,27H,9,12H2,1-6H3,(H,29,31). The fraction of sp³-hybridized carbons (Fsp3) is 0.524. The van der Waals surface area contributed by atoms with Crippen molar-refractivity contribution in [2.75, 3.05) is 11.9 Å². The Morgan fingerprint density at radius 3 is 2.18 bits per heavy atom. The van der Waals surface area contributed by atoms with E-state index in [-0.39, 0.29) is 34.9 Å². The van der Waals surface area contributed by atoms with Crippen molar-refractivity contribution in [2.24, 2.45) is 10.8 Å². The molecule has 0 unspecified atom stereocenters. The first-order valence-corrected chi connectivity index (χ1v) is 11.7. The molecule has 0 saturated carbocycles. The summed E-state index contributed by atoms with van der Waals surface area (Å²) in [6.45, 7) is 11.1. The van der Waals surface area contributed by atoms with Gasteiger partial charge in [0.1, 0.15) is 22.3 Å². The van der Waals surface area contributed by atoms with E-state index in [4.69, 9.17) is 0 Å². The average molecular weight is 501 g/mol.